The molecule has 1 aliphatic carbocycles. The number of hydrogen-bond acceptors (Lipinski definition) is 2. The molecule has 0 saturated carbocycles. The van der Waals surface area contributed by atoms with Crippen molar-refractivity contribution in [3.8, 4) is 28.2 Å². The van der Waals surface area contributed by atoms with Crippen LogP contribution in [0, 0.1) is 18.8 Å². The molecule has 8 rings (SSSR count). The molecule has 6 aromatic carbocycles. The van der Waals surface area contributed by atoms with Gasteiger partial charge in [-0.15, -0.1) is 0 Å². The van der Waals surface area contributed by atoms with E-state index in [0.29, 0.717) is 24.0 Å². The molecule has 0 aliphatic heterocycles. The monoisotopic (exact) mass is 649 g/mol. The van der Waals surface area contributed by atoms with E-state index in [1.54, 1.807) is 0 Å². The normalized spacial score (nSPS) is 15.2. The summed E-state index contributed by atoms with van der Waals surface area (Å²) in [4.78, 5) is 25.5. The lowest BCUT2D eigenvalue weighted by Crippen LogP contribution is -2.31. The number of Topliss-reactive ketones (excluding diaryl/α,β-unsaturated/α-hetero) is 2. The highest BCUT2D eigenvalue weighted by atomic mass is 16.1. The van der Waals surface area contributed by atoms with Crippen LogP contribution < -0.4 is 0 Å². The van der Waals surface area contributed by atoms with E-state index in [1.165, 1.54) is 44.5 Å². The standard InChI is InChI=1S/C27H21N.C20H18O2/c1-20-11-10-16-23(19-20)28-26(21-12-4-2-5-13-21)24-17-8-9-18-25(24)27(28)22-14-6-3-7-15-22;21-19(15-9-3-1-4-10-15)17-13-7-8-14-18(17)20(22)16-11-5-2-6-12-16/h2-19H,1H3;1-12,17-18H,13-14H2. The zero-order valence-corrected chi connectivity index (χ0v) is 28.2. The number of rotatable bonds is 7. The first-order valence-corrected chi connectivity index (χ1v) is 17.2. The van der Waals surface area contributed by atoms with Crippen LogP contribution in [0.25, 0.3) is 39.0 Å². The Labute approximate surface area is 294 Å². The third-order valence-electron chi connectivity index (χ3n) is 9.46. The molecule has 0 N–H and O–H groups in total. The van der Waals surface area contributed by atoms with E-state index in [-0.39, 0.29) is 23.4 Å². The van der Waals surface area contributed by atoms with Gasteiger partial charge in [-0.2, -0.15) is 0 Å². The fourth-order valence-electron chi connectivity index (χ4n) is 7.06. The van der Waals surface area contributed by atoms with Crippen LogP contribution in [-0.4, -0.2) is 16.1 Å². The van der Waals surface area contributed by atoms with Crippen molar-refractivity contribution in [2.45, 2.75) is 19.8 Å². The van der Waals surface area contributed by atoms with Crippen molar-refractivity contribution in [1.82, 2.24) is 4.57 Å². The molecule has 0 radical (unpaired) electrons. The zero-order valence-electron chi connectivity index (χ0n) is 28.2. The summed E-state index contributed by atoms with van der Waals surface area (Å²) in [5.74, 6) is -0.390. The summed E-state index contributed by atoms with van der Waals surface area (Å²) in [5, 5.41) is 2.54. The number of carbonyl (C=O) groups excluding carboxylic acids is 2. The maximum absolute atomic E-state index is 12.8. The molecule has 2 unspecified atom stereocenters. The van der Waals surface area contributed by atoms with Crippen molar-refractivity contribution < 1.29 is 9.59 Å². The number of allylic oxidation sites excluding steroid dienone is 2. The second kappa shape index (κ2) is 15.0. The fourth-order valence-corrected chi connectivity index (χ4v) is 7.06. The van der Waals surface area contributed by atoms with Crippen LogP contribution in [0.15, 0.2) is 182 Å². The smallest absolute Gasteiger partial charge is 0.166 e. The molecule has 0 fully saturated rings. The Balaban J connectivity index is 0.000000162. The van der Waals surface area contributed by atoms with Crippen LogP contribution in [0.5, 0.6) is 0 Å². The summed E-state index contributed by atoms with van der Waals surface area (Å²) in [7, 11) is 0. The van der Waals surface area contributed by atoms with Crippen LogP contribution in [0.4, 0.5) is 0 Å². The Morgan fingerprint density at radius 3 is 1.30 bits per heavy atom. The van der Waals surface area contributed by atoms with Gasteiger partial charge < -0.3 is 4.57 Å². The quantitative estimate of drug-likeness (QED) is 0.127. The molecule has 244 valence electrons. The lowest BCUT2D eigenvalue weighted by atomic mass is 9.75. The first-order valence-electron chi connectivity index (χ1n) is 17.2. The van der Waals surface area contributed by atoms with E-state index in [1.807, 2.05) is 72.8 Å². The topological polar surface area (TPSA) is 39.1 Å². The number of benzene rings is 6. The maximum atomic E-state index is 12.8. The average molecular weight is 650 g/mol. The van der Waals surface area contributed by atoms with Gasteiger partial charge >= 0.3 is 0 Å². The van der Waals surface area contributed by atoms with Crippen molar-refractivity contribution in [3.05, 3.63) is 199 Å². The zero-order chi connectivity index (χ0) is 34.3. The van der Waals surface area contributed by atoms with Gasteiger partial charge in [0.25, 0.3) is 0 Å². The highest BCUT2D eigenvalue weighted by Gasteiger charge is 2.34. The van der Waals surface area contributed by atoms with Gasteiger partial charge in [0.1, 0.15) is 0 Å². The number of aromatic nitrogens is 1. The lowest BCUT2D eigenvalue weighted by molar-refractivity contribution is 0.0761. The van der Waals surface area contributed by atoms with E-state index in [4.69, 9.17) is 0 Å². The molecule has 1 aromatic heterocycles. The minimum Gasteiger partial charge on any atom is -0.308 e. The Morgan fingerprint density at radius 2 is 0.880 bits per heavy atom. The molecule has 1 heterocycles. The average Bonchev–Trinajstić information content (AvgIpc) is 3.54. The predicted molar refractivity (Wildman–Crippen MR) is 206 cm³/mol. The molecule has 2 atom stereocenters. The lowest BCUT2D eigenvalue weighted by Gasteiger charge is -2.26. The Kier molecular flexibility index (Phi) is 9.75. The molecule has 1 aliphatic rings. The SMILES string of the molecule is Cc1cccc(-n2c(-c3ccccc3)c3ccccc3c2-c2ccccc2)c1.O=C(c1ccccc1)C1CC=CCC1C(=O)c1ccccc1. The van der Waals surface area contributed by atoms with Gasteiger partial charge in [-0.25, -0.2) is 0 Å². The van der Waals surface area contributed by atoms with Crippen molar-refractivity contribution in [1.29, 1.82) is 0 Å². The predicted octanol–water partition coefficient (Wildman–Crippen LogP) is 11.6. The number of aryl methyl sites for hydroxylation is 1. The third-order valence-corrected chi connectivity index (χ3v) is 9.46. The summed E-state index contributed by atoms with van der Waals surface area (Å²) in [6.07, 6.45) is 5.30. The van der Waals surface area contributed by atoms with E-state index in [2.05, 4.69) is 121 Å². The molecular formula is C47H39NO2. The van der Waals surface area contributed by atoms with Gasteiger partial charge in [0.05, 0.1) is 11.4 Å². The summed E-state index contributed by atoms with van der Waals surface area (Å²) >= 11 is 0. The van der Waals surface area contributed by atoms with Gasteiger partial charge in [-0.3, -0.25) is 9.59 Å². The summed E-state index contributed by atoms with van der Waals surface area (Å²) in [6, 6.07) is 57.4. The van der Waals surface area contributed by atoms with Gasteiger partial charge in [0, 0.05) is 39.4 Å². The van der Waals surface area contributed by atoms with Gasteiger partial charge in [-0.1, -0.05) is 170 Å². The molecule has 0 bridgehead atoms. The van der Waals surface area contributed by atoms with Gasteiger partial charge in [-0.05, 0) is 48.6 Å². The highest BCUT2D eigenvalue weighted by molar-refractivity contribution is 6.07. The van der Waals surface area contributed by atoms with E-state index < -0.39 is 0 Å². The van der Waals surface area contributed by atoms with Crippen LogP contribution in [0.2, 0.25) is 0 Å². The van der Waals surface area contributed by atoms with E-state index >= 15 is 0 Å². The molecule has 0 spiro atoms. The molecule has 0 amide bonds. The van der Waals surface area contributed by atoms with Crippen LogP contribution >= 0.6 is 0 Å². The molecule has 3 heteroatoms. The third kappa shape index (κ3) is 6.76. The van der Waals surface area contributed by atoms with Crippen LogP contribution in [0.1, 0.15) is 39.1 Å². The second-order valence-corrected chi connectivity index (χ2v) is 12.8. The fraction of sp³-hybridized carbons (Fsp3) is 0.106. The number of hydrogen-bond donors (Lipinski definition) is 0. The Morgan fingerprint density at radius 1 is 0.480 bits per heavy atom. The van der Waals surface area contributed by atoms with Crippen molar-refractivity contribution in [2.75, 3.05) is 0 Å². The van der Waals surface area contributed by atoms with E-state index in [9.17, 15) is 9.59 Å². The molecule has 50 heavy (non-hydrogen) atoms. The summed E-state index contributed by atoms with van der Waals surface area (Å²) < 4.78 is 2.42. The molecule has 3 nitrogen and oxygen atoms in total. The summed E-state index contributed by atoms with van der Waals surface area (Å²) in [6.45, 7) is 2.15. The van der Waals surface area contributed by atoms with Crippen molar-refractivity contribution in [2.24, 2.45) is 11.8 Å². The van der Waals surface area contributed by atoms with Crippen molar-refractivity contribution >= 4 is 22.3 Å². The minimum atomic E-state index is -0.264. The largest absolute Gasteiger partial charge is 0.308 e. The number of nitrogens with zero attached hydrogens (tertiary/aromatic N) is 1. The van der Waals surface area contributed by atoms with Gasteiger partial charge in [0.15, 0.2) is 11.6 Å². The minimum absolute atomic E-state index is 0.0687. The van der Waals surface area contributed by atoms with Crippen molar-refractivity contribution in [3.63, 3.8) is 0 Å². The maximum Gasteiger partial charge on any atom is 0.166 e. The van der Waals surface area contributed by atoms with Crippen LogP contribution in [0.3, 0.4) is 0 Å². The Hall–Kier alpha value is -6.06. The van der Waals surface area contributed by atoms with Gasteiger partial charge in [0.2, 0.25) is 0 Å². The van der Waals surface area contributed by atoms with E-state index in [0.717, 1.165) is 0 Å². The highest BCUT2D eigenvalue weighted by Crippen LogP contribution is 2.41. The number of carbonyl (C=O) groups is 2. The molecule has 7 aromatic rings. The first-order chi connectivity index (χ1) is 24.6. The Bertz CT molecular complexity index is 2110. The summed E-state index contributed by atoms with van der Waals surface area (Å²) in [5.41, 5.74) is 8.75. The number of fused-ring (bicyclic) bond motifs is 1. The molecular weight excluding hydrogens is 611 g/mol. The first kappa shape index (κ1) is 32.5. The van der Waals surface area contributed by atoms with Crippen LogP contribution in [-0.2, 0) is 0 Å². The number of ketones is 2. The second-order valence-electron chi connectivity index (χ2n) is 12.8. The molecule has 0 saturated heterocycles.